The van der Waals surface area contributed by atoms with Crippen LogP contribution < -0.4 is 10.1 Å². The van der Waals surface area contributed by atoms with Gasteiger partial charge in [0.2, 0.25) is 5.91 Å². The number of carbonyl (C=O) groups excluding carboxylic acids is 1. The van der Waals surface area contributed by atoms with Crippen molar-refractivity contribution in [3.8, 4) is 16.9 Å². The first-order valence-corrected chi connectivity index (χ1v) is 12.2. The number of nitrogens with zero attached hydrogens (tertiary/aromatic N) is 1. The highest BCUT2D eigenvalue weighted by atomic mass is 32.2. The highest BCUT2D eigenvalue weighted by Crippen LogP contribution is 2.29. The number of hydrogen-bond acceptors (Lipinski definition) is 4. The molecule has 1 amide bonds. The second-order valence-electron chi connectivity index (χ2n) is 7.07. The third-order valence-corrected chi connectivity index (χ3v) is 7.91. The van der Waals surface area contributed by atoms with Crippen molar-refractivity contribution in [2.75, 3.05) is 19.4 Å². The van der Waals surface area contributed by atoms with E-state index in [1.165, 1.54) is 11.8 Å². The van der Waals surface area contributed by atoms with Gasteiger partial charge in [-0.2, -0.15) is 4.31 Å². The Morgan fingerprint density at radius 3 is 2.39 bits per heavy atom. The van der Waals surface area contributed by atoms with Crippen LogP contribution in [-0.2, 0) is 22.3 Å². The molecular formula is C24H24N2O3S2. The molecule has 1 heterocycles. The smallest absolute Gasteiger partial charge is 0.248 e. The van der Waals surface area contributed by atoms with Crippen LogP contribution in [0, 0.1) is 0 Å². The van der Waals surface area contributed by atoms with E-state index in [1.807, 2.05) is 78.9 Å². The van der Waals surface area contributed by atoms with Crippen molar-refractivity contribution in [1.82, 2.24) is 9.62 Å². The Morgan fingerprint density at radius 1 is 1.03 bits per heavy atom. The molecule has 2 atom stereocenters. The van der Waals surface area contributed by atoms with Gasteiger partial charge in [-0.15, -0.1) is 11.8 Å². The van der Waals surface area contributed by atoms with Crippen molar-refractivity contribution < 1.29 is 13.7 Å². The number of thioether (sulfide) groups is 1. The van der Waals surface area contributed by atoms with Crippen LogP contribution in [0.3, 0.4) is 0 Å². The highest BCUT2D eigenvalue weighted by molar-refractivity contribution is 8.01. The zero-order chi connectivity index (χ0) is 21.6. The molecule has 1 N–H and O–H groups in total. The number of benzene rings is 3. The Kier molecular flexibility index (Phi) is 7.06. The molecule has 4 rings (SSSR count). The van der Waals surface area contributed by atoms with Crippen LogP contribution in [0.4, 0.5) is 0 Å². The van der Waals surface area contributed by atoms with E-state index in [0.29, 0.717) is 18.0 Å². The molecule has 5 nitrogen and oxygen atoms in total. The van der Waals surface area contributed by atoms with Gasteiger partial charge in [-0.25, -0.2) is 4.21 Å². The monoisotopic (exact) mass is 452 g/mol. The maximum Gasteiger partial charge on any atom is 0.248 e. The Hall–Kier alpha value is -2.61. The van der Waals surface area contributed by atoms with Gasteiger partial charge in [0, 0.05) is 18.8 Å². The number of hydrogen-bond donors (Lipinski definition) is 1. The molecule has 7 heteroatoms. The Bertz CT molecular complexity index is 1040. The third-order valence-electron chi connectivity index (χ3n) is 5.08. The molecule has 1 fully saturated rings. The fraction of sp³-hybridized carbons (Fsp3) is 0.208. The van der Waals surface area contributed by atoms with Crippen LogP contribution in [0.25, 0.3) is 11.1 Å². The number of amides is 1. The predicted octanol–water partition coefficient (Wildman–Crippen LogP) is 4.08. The molecule has 1 saturated heterocycles. The molecule has 2 unspecified atom stereocenters. The van der Waals surface area contributed by atoms with Gasteiger partial charge in [0.25, 0.3) is 0 Å². The van der Waals surface area contributed by atoms with E-state index in [9.17, 15) is 9.00 Å². The predicted molar refractivity (Wildman–Crippen MR) is 126 cm³/mol. The lowest BCUT2D eigenvalue weighted by Gasteiger charge is -2.21. The molecule has 1 aliphatic rings. The first kappa shape index (κ1) is 21.6. The first-order chi connectivity index (χ1) is 15.2. The largest absolute Gasteiger partial charge is 0.497 e. The molecule has 0 aliphatic carbocycles. The summed E-state index contributed by atoms with van der Waals surface area (Å²) in [6.07, 6.45) is 0. The fourth-order valence-corrected chi connectivity index (χ4v) is 6.11. The Morgan fingerprint density at radius 2 is 1.71 bits per heavy atom. The number of nitrogens with one attached hydrogen (secondary N) is 1. The van der Waals surface area contributed by atoms with Gasteiger partial charge in [0.1, 0.15) is 22.1 Å². The SMILES string of the molecule is COc1ccc(CNC(=O)C2SCCN2S(=O)c2ccc(-c3ccccc3)cc2)cc1. The van der Waals surface area contributed by atoms with Crippen molar-refractivity contribution in [2.24, 2.45) is 0 Å². The molecule has 0 bridgehead atoms. The van der Waals surface area contributed by atoms with Gasteiger partial charge in [0.15, 0.2) is 0 Å². The molecular weight excluding hydrogens is 428 g/mol. The van der Waals surface area contributed by atoms with Crippen molar-refractivity contribution in [3.63, 3.8) is 0 Å². The van der Waals surface area contributed by atoms with Crippen molar-refractivity contribution in [2.45, 2.75) is 16.8 Å². The van der Waals surface area contributed by atoms with Gasteiger partial charge < -0.3 is 10.1 Å². The summed E-state index contributed by atoms with van der Waals surface area (Å²) in [5.41, 5.74) is 3.18. The highest BCUT2D eigenvalue weighted by Gasteiger charge is 2.35. The van der Waals surface area contributed by atoms with E-state index in [1.54, 1.807) is 11.4 Å². The molecule has 0 aromatic heterocycles. The zero-order valence-electron chi connectivity index (χ0n) is 17.2. The van der Waals surface area contributed by atoms with Crippen LogP contribution in [0.2, 0.25) is 0 Å². The summed E-state index contributed by atoms with van der Waals surface area (Å²) in [7, 11) is 0.232. The van der Waals surface area contributed by atoms with E-state index in [4.69, 9.17) is 4.74 Å². The summed E-state index contributed by atoms with van der Waals surface area (Å²) >= 11 is 1.52. The molecule has 160 valence electrons. The van der Waals surface area contributed by atoms with Gasteiger partial charge in [0.05, 0.1) is 12.0 Å². The molecule has 0 radical (unpaired) electrons. The minimum absolute atomic E-state index is 0.118. The van der Waals surface area contributed by atoms with Crippen molar-refractivity contribution in [1.29, 1.82) is 0 Å². The number of ether oxygens (including phenoxy) is 1. The van der Waals surface area contributed by atoms with E-state index in [-0.39, 0.29) is 5.91 Å². The van der Waals surface area contributed by atoms with Crippen LogP contribution in [0.5, 0.6) is 5.75 Å². The molecule has 31 heavy (non-hydrogen) atoms. The Labute approximate surface area is 189 Å². The quantitative estimate of drug-likeness (QED) is 0.587. The maximum atomic E-state index is 13.2. The second kappa shape index (κ2) is 10.1. The summed E-state index contributed by atoms with van der Waals surface area (Å²) in [5.74, 6) is 1.43. The van der Waals surface area contributed by atoms with Gasteiger partial charge in [-0.05, 0) is 41.0 Å². The molecule has 0 spiro atoms. The summed E-state index contributed by atoms with van der Waals surface area (Å²) in [5, 5.41) is 2.50. The standard InChI is InChI=1S/C24H24N2O3S2/c1-29-21-11-7-18(8-12-21)17-25-23(27)24-26(15-16-30-24)31(28)22-13-9-20(10-14-22)19-5-3-2-4-6-19/h2-14,24H,15-17H2,1H3,(H,25,27). The topological polar surface area (TPSA) is 58.6 Å². The van der Waals surface area contributed by atoms with Crippen LogP contribution in [0.15, 0.2) is 83.8 Å². The lowest BCUT2D eigenvalue weighted by molar-refractivity contribution is -0.122. The number of rotatable bonds is 7. The molecule has 0 saturated carbocycles. The average molecular weight is 453 g/mol. The summed E-state index contributed by atoms with van der Waals surface area (Å²) < 4.78 is 20.1. The first-order valence-electron chi connectivity index (χ1n) is 10.0. The van der Waals surface area contributed by atoms with Crippen molar-refractivity contribution in [3.05, 3.63) is 84.4 Å². The van der Waals surface area contributed by atoms with Gasteiger partial charge in [-0.3, -0.25) is 4.79 Å². The van der Waals surface area contributed by atoms with Gasteiger partial charge in [-0.1, -0.05) is 54.6 Å². The van der Waals surface area contributed by atoms with Gasteiger partial charge >= 0.3 is 0 Å². The average Bonchev–Trinajstić information content (AvgIpc) is 3.33. The molecule has 3 aromatic carbocycles. The van der Waals surface area contributed by atoms with Crippen LogP contribution in [-0.4, -0.2) is 39.2 Å². The number of methoxy groups -OCH3 is 1. The Balaban J connectivity index is 1.40. The lowest BCUT2D eigenvalue weighted by atomic mass is 10.1. The zero-order valence-corrected chi connectivity index (χ0v) is 18.8. The van der Waals surface area contributed by atoms with E-state index >= 15 is 0 Å². The van der Waals surface area contributed by atoms with Crippen molar-refractivity contribution >= 4 is 28.7 Å². The summed E-state index contributed by atoms with van der Waals surface area (Å²) in [6.45, 7) is 1.03. The van der Waals surface area contributed by atoms with E-state index in [0.717, 1.165) is 28.2 Å². The van der Waals surface area contributed by atoms with E-state index < -0.39 is 16.4 Å². The summed E-state index contributed by atoms with van der Waals surface area (Å²) in [4.78, 5) is 13.5. The number of carbonyl (C=O) groups is 1. The minimum atomic E-state index is -1.39. The molecule has 1 aliphatic heterocycles. The lowest BCUT2D eigenvalue weighted by Crippen LogP contribution is -2.42. The fourth-order valence-electron chi connectivity index (χ4n) is 3.38. The third kappa shape index (κ3) is 5.18. The maximum absolute atomic E-state index is 13.2. The summed E-state index contributed by atoms with van der Waals surface area (Å²) in [6, 6.07) is 25.4. The van der Waals surface area contributed by atoms with E-state index in [2.05, 4.69) is 5.32 Å². The second-order valence-corrected chi connectivity index (χ2v) is 9.70. The normalized spacial score (nSPS) is 17.3. The molecule has 3 aromatic rings. The van der Waals surface area contributed by atoms with Crippen LogP contribution in [0.1, 0.15) is 5.56 Å². The van der Waals surface area contributed by atoms with Crippen LogP contribution >= 0.6 is 11.8 Å². The minimum Gasteiger partial charge on any atom is -0.497 e.